The molecule has 0 bridgehead atoms. The fraction of sp³-hybridized carbons (Fsp3) is 0.417. The Balaban J connectivity index is 2.53. The van der Waals surface area contributed by atoms with Gasteiger partial charge in [0.15, 0.2) is 5.75 Å². The van der Waals surface area contributed by atoms with Crippen molar-refractivity contribution in [1.29, 1.82) is 0 Å². The Kier molecular flexibility index (Phi) is 3.08. The first-order valence-corrected chi connectivity index (χ1v) is 5.48. The van der Waals surface area contributed by atoms with Gasteiger partial charge in [0, 0.05) is 24.5 Å². The monoisotopic (exact) mass is 235 g/mol. The number of Topliss-reactive ketones (excluding diaryl/α,β-unsaturated/α-hetero) is 1. The molecule has 0 N–H and O–H groups in total. The Bertz CT molecular complexity index is 482. The number of nitrogens with zero attached hydrogens (tertiary/aromatic N) is 1. The zero-order chi connectivity index (χ0) is 12.4. The number of methoxy groups -OCH3 is 1. The van der Waals surface area contributed by atoms with E-state index in [2.05, 4.69) is 0 Å². The smallest absolute Gasteiger partial charge is 0.311 e. The topological polar surface area (TPSA) is 69.4 Å². The summed E-state index contributed by atoms with van der Waals surface area (Å²) in [5.74, 6) is 0.508. The lowest BCUT2D eigenvalue weighted by molar-refractivity contribution is -0.385. The van der Waals surface area contributed by atoms with Gasteiger partial charge in [-0.25, -0.2) is 0 Å². The predicted molar refractivity (Wildman–Crippen MR) is 61.3 cm³/mol. The van der Waals surface area contributed by atoms with Crippen molar-refractivity contribution in [2.75, 3.05) is 7.11 Å². The van der Waals surface area contributed by atoms with Gasteiger partial charge in [-0.05, 0) is 18.4 Å². The lowest BCUT2D eigenvalue weighted by atomic mass is 10.0. The molecule has 0 saturated carbocycles. The Morgan fingerprint density at radius 3 is 2.59 bits per heavy atom. The second kappa shape index (κ2) is 4.53. The zero-order valence-electron chi connectivity index (χ0n) is 9.56. The molecule has 1 aromatic rings. The maximum Gasteiger partial charge on any atom is 0.311 e. The molecule has 0 aromatic heterocycles. The highest BCUT2D eigenvalue weighted by atomic mass is 16.6. The molecule has 0 radical (unpaired) electrons. The minimum Gasteiger partial charge on any atom is -0.490 e. The van der Waals surface area contributed by atoms with E-state index in [0.29, 0.717) is 31.4 Å². The summed E-state index contributed by atoms with van der Waals surface area (Å²) in [4.78, 5) is 21.8. The number of carbonyl (C=O) groups is 1. The number of nitro benzene ring substituents is 1. The van der Waals surface area contributed by atoms with Gasteiger partial charge in [-0.2, -0.15) is 0 Å². The van der Waals surface area contributed by atoms with Gasteiger partial charge in [0.25, 0.3) is 0 Å². The van der Waals surface area contributed by atoms with Gasteiger partial charge in [0.1, 0.15) is 5.78 Å². The lowest BCUT2D eigenvalue weighted by Gasteiger charge is -2.10. The molecule has 0 amide bonds. The van der Waals surface area contributed by atoms with Crippen LogP contribution in [0.5, 0.6) is 5.75 Å². The summed E-state index contributed by atoms with van der Waals surface area (Å²) in [5.41, 5.74) is 1.77. The van der Waals surface area contributed by atoms with E-state index < -0.39 is 4.92 Å². The summed E-state index contributed by atoms with van der Waals surface area (Å²) >= 11 is 0. The maximum atomic E-state index is 11.4. The number of benzene rings is 1. The first-order chi connectivity index (χ1) is 8.13. The Morgan fingerprint density at radius 2 is 1.94 bits per heavy atom. The molecular formula is C12H13NO4. The average molecular weight is 235 g/mol. The second-order valence-electron chi connectivity index (χ2n) is 4.05. The normalized spacial score (nSPS) is 15.0. The van der Waals surface area contributed by atoms with E-state index in [4.69, 9.17) is 4.74 Å². The molecule has 1 aliphatic rings. The molecule has 0 atom stereocenters. The number of rotatable bonds is 2. The molecule has 0 saturated heterocycles. The number of ketones is 1. The van der Waals surface area contributed by atoms with E-state index in [-0.39, 0.29) is 11.5 Å². The standard InChI is InChI=1S/C12H13NO4/c1-17-12-10-6-5-9(14)4-2-8(10)3-7-11(12)13(15)16/h3,7H,2,4-6H2,1H3. The minimum absolute atomic E-state index is 0.0272. The number of fused-ring (bicyclic) bond motifs is 1. The van der Waals surface area contributed by atoms with Crippen LogP contribution in [0.1, 0.15) is 24.0 Å². The van der Waals surface area contributed by atoms with Crippen LogP contribution < -0.4 is 4.74 Å². The summed E-state index contributed by atoms with van der Waals surface area (Å²) in [7, 11) is 1.43. The van der Waals surface area contributed by atoms with Crippen molar-refractivity contribution in [3.63, 3.8) is 0 Å². The third-order valence-electron chi connectivity index (χ3n) is 3.06. The molecule has 5 heteroatoms. The van der Waals surface area contributed by atoms with Crippen LogP contribution in [-0.2, 0) is 17.6 Å². The number of hydrogen-bond donors (Lipinski definition) is 0. The van der Waals surface area contributed by atoms with Gasteiger partial charge < -0.3 is 4.74 Å². The third kappa shape index (κ3) is 2.13. The molecule has 2 rings (SSSR count). The number of aryl methyl sites for hydroxylation is 1. The summed E-state index contributed by atoms with van der Waals surface area (Å²) < 4.78 is 5.14. The first kappa shape index (κ1) is 11.6. The molecule has 0 spiro atoms. The molecule has 5 nitrogen and oxygen atoms in total. The quantitative estimate of drug-likeness (QED) is 0.447. The number of hydrogen-bond acceptors (Lipinski definition) is 4. The highest BCUT2D eigenvalue weighted by molar-refractivity contribution is 5.80. The van der Waals surface area contributed by atoms with Crippen molar-refractivity contribution < 1.29 is 14.5 Å². The van der Waals surface area contributed by atoms with Crippen LogP contribution >= 0.6 is 0 Å². The van der Waals surface area contributed by atoms with Crippen LogP contribution in [0.3, 0.4) is 0 Å². The lowest BCUT2D eigenvalue weighted by Crippen LogP contribution is -2.01. The van der Waals surface area contributed by atoms with Crippen molar-refractivity contribution >= 4 is 11.5 Å². The zero-order valence-corrected chi connectivity index (χ0v) is 9.56. The van der Waals surface area contributed by atoms with Crippen LogP contribution in [0.15, 0.2) is 12.1 Å². The Morgan fingerprint density at radius 1 is 1.24 bits per heavy atom. The molecule has 1 aromatic carbocycles. The second-order valence-corrected chi connectivity index (χ2v) is 4.05. The molecule has 1 aliphatic carbocycles. The molecule has 0 aliphatic heterocycles. The van der Waals surface area contributed by atoms with E-state index in [9.17, 15) is 14.9 Å². The predicted octanol–water partition coefficient (Wildman–Crippen LogP) is 2.05. The largest absolute Gasteiger partial charge is 0.490 e. The SMILES string of the molecule is COc1c([N+](=O)[O-])ccc2c1CCC(=O)CC2. The third-order valence-corrected chi connectivity index (χ3v) is 3.06. The van der Waals surface area contributed by atoms with Crippen molar-refractivity contribution in [2.24, 2.45) is 0 Å². The van der Waals surface area contributed by atoms with Gasteiger partial charge in [0.2, 0.25) is 0 Å². The van der Waals surface area contributed by atoms with E-state index in [1.165, 1.54) is 13.2 Å². The summed E-state index contributed by atoms with van der Waals surface area (Å²) in [6.07, 6.45) is 2.11. The Hall–Kier alpha value is -1.91. The van der Waals surface area contributed by atoms with E-state index in [1.807, 2.05) is 0 Å². The maximum absolute atomic E-state index is 11.4. The number of carbonyl (C=O) groups excluding carboxylic acids is 1. The van der Waals surface area contributed by atoms with Crippen LogP contribution in [-0.4, -0.2) is 17.8 Å². The fourth-order valence-corrected chi connectivity index (χ4v) is 2.20. The van der Waals surface area contributed by atoms with E-state index >= 15 is 0 Å². The molecule has 0 fully saturated rings. The van der Waals surface area contributed by atoms with Crippen LogP contribution in [0.2, 0.25) is 0 Å². The molecule has 0 heterocycles. The fourth-order valence-electron chi connectivity index (χ4n) is 2.20. The number of ether oxygens (including phenoxy) is 1. The summed E-state index contributed by atoms with van der Waals surface area (Å²) in [6.45, 7) is 0. The van der Waals surface area contributed by atoms with Crippen LogP contribution in [0, 0.1) is 10.1 Å². The highest BCUT2D eigenvalue weighted by Gasteiger charge is 2.24. The number of nitro groups is 1. The van der Waals surface area contributed by atoms with Crippen molar-refractivity contribution in [3.05, 3.63) is 33.4 Å². The van der Waals surface area contributed by atoms with Crippen molar-refractivity contribution in [3.8, 4) is 5.75 Å². The van der Waals surface area contributed by atoms with Gasteiger partial charge in [-0.1, -0.05) is 6.07 Å². The van der Waals surface area contributed by atoms with Crippen molar-refractivity contribution in [1.82, 2.24) is 0 Å². The minimum atomic E-state index is -0.453. The van der Waals surface area contributed by atoms with Gasteiger partial charge in [-0.3, -0.25) is 14.9 Å². The molecule has 0 unspecified atom stereocenters. The summed E-state index contributed by atoms with van der Waals surface area (Å²) in [5, 5.41) is 10.9. The van der Waals surface area contributed by atoms with Crippen molar-refractivity contribution in [2.45, 2.75) is 25.7 Å². The van der Waals surface area contributed by atoms with Crippen LogP contribution in [0.25, 0.3) is 0 Å². The van der Waals surface area contributed by atoms with E-state index in [1.54, 1.807) is 6.07 Å². The average Bonchev–Trinajstić information content (AvgIpc) is 2.50. The summed E-state index contributed by atoms with van der Waals surface area (Å²) in [6, 6.07) is 3.18. The molecule has 90 valence electrons. The van der Waals surface area contributed by atoms with Gasteiger partial charge in [0.05, 0.1) is 12.0 Å². The van der Waals surface area contributed by atoms with Gasteiger partial charge in [-0.15, -0.1) is 0 Å². The van der Waals surface area contributed by atoms with E-state index in [0.717, 1.165) is 11.1 Å². The Labute approximate surface area is 98.5 Å². The van der Waals surface area contributed by atoms with Gasteiger partial charge >= 0.3 is 5.69 Å². The first-order valence-electron chi connectivity index (χ1n) is 5.48. The molecule has 17 heavy (non-hydrogen) atoms. The van der Waals surface area contributed by atoms with Crippen LogP contribution in [0.4, 0.5) is 5.69 Å². The highest BCUT2D eigenvalue weighted by Crippen LogP contribution is 2.35. The molecular weight excluding hydrogens is 222 g/mol.